The number of benzene rings is 1. The molecule has 5 atom stereocenters. The molecule has 1 aliphatic heterocycles. The Bertz CT molecular complexity index is 657. The van der Waals surface area contributed by atoms with Crippen LogP contribution < -0.4 is 0 Å². The molecule has 2 heteroatoms. The Morgan fingerprint density at radius 1 is 1.00 bits per heavy atom. The minimum absolute atomic E-state index is 0.154. The molecule has 0 aliphatic carbocycles. The van der Waals surface area contributed by atoms with Gasteiger partial charge in [0.05, 0.1) is 11.6 Å². The molecule has 3 rings (SSSR count). The summed E-state index contributed by atoms with van der Waals surface area (Å²) in [6, 6.07) is 8.80. The van der Waals surface area contributed by atoms with Crippen molar-refractivity contribution >= 4 is 10.9 Å². The smallest absolute Gasteiger partial charge is 0.137 e. The zero-order valence-corrected chi connectivity index (χ0v) is 15.3. The molecular weight excluding hydrogens is 282 g/mol. The monoisotopic (exact) mass is 313 g/mol. The fraction of sp³-hybridized carbons (Fsp3) is 0.619. The maximum Gasteiger partial charge on any atom is 0.137 e. The molecular formula is C21H31NO. The van der Waals surface area contributed by atoms with Crippen LogP contribution in [0.3, 0.4) is 0 Å². The SMILES string of the molecule is CCCc1cn([C@@H]2O[C@H](CC)[C@@H](C)[C@H](C)[C@H]2C)c2ccccc12. The van der Waals surface area contributed by atoms with Crippen molar-refractivity contribution in [3.05, 3.63) is 36.0 Å². The first-order chi connectivity index (χ1) is 11.1. The lowest BCUT2D eigenvalue weighted by atomic mass is 9.77. The first-order valence-corrected chi connectivity index (χ1v) is 9.32. The Hall–Kier alpha value is -1.28. The molecule has 2 aromatic rings. The Morgan fingerprint density at radius 3 is 2.43 bits per heavy atom. The summed E-state index contributed by atoms with van der Waals surface area (Å²) in [4.78, 5) is 0. The van der Waals surface area contributed by atoms with Crippen LogP contribution in [0.5, 0.6) is 0 Å². The second-order valence-electron chi connectivity index (χ2n) is 7.38. The maximum absolute atomic E-state index is 6.58. The number of rotatable bonds is 4. The second kappa shape index (κ2) is 6.68. The highest BCUT2D eigenvalue weighted by Crippen LogP contribution is 2.42. The van der Waals surface area contributed by atoms with Crippen LogP contribution in [0, 0.1) is 17.8 Å². The third-order valence-electron chi connectivity index (χ3n) is 6.03. The van der Waals surface area contributed by atoms with Gasteiger partial charge in [-0.05, 0) is 36.3 Å². The molecule has 23 heavy (non-hydrogen) atoms. The predicted molar refractivity (Wildman–Crippen MR) is 97.6 cm³/mol. The van der Waals surface area contributed by atoms with Gasteiger partial charge >= 0.3 is 0 Å². The van der Waals surface area contributed by atoms with Gasteiger partial charge in [0.2, 0.25) is 0 Å². The maximum atomic E-state index is 6.58. The molecule has 2 heterocycles. The van der Waals surface area contributed by atoms with Gasteiger partial charge in [0, 0.05) is 17.5 Å². The van der Waals surface area contributed by atoms with Crippen LogP contribution in [0.1, 0.15) is 59.3 Å². The Morgan fingerprint density at radius 2 is 1.74 bits per heavy atom. The van der Waals surface area contributed by atoms with E-state index in [-0.39, 0.29) is 6.23 Å². The predicted octanol–water partition coefficient (Wildman–Crippen LogP) is 5.81. The van der Waals surface area contributed by atoms with Gasteiger partial charge in [-0.2, -0.15) is 0 Å². The number of ether oxygens (including phenoxy) is 1. The van der Waals surface area contributed by atoms with Crippen molar-refractivity contribution in [1.29, 1.82) is 0 Å². The van der Waals surface area contributed by atoms with Crippen molar-refractivity contribution < 1.29 is 4.74 Å². The molecule has 0 spiro atoms. The molecule has 0 saturated carbocycles. The Kier molecular flexibility index (Phi) is 4.82. The van der Waals surface area contributed by atoms with Gasteiger partial charge in [-0.25, -0.2) is 0 Å². The molecule has 126 valence electrons. The molecule has 1 aromatic carbocycles. The van der Waals surface area contributed by atoms with E-state index in [9.17, 15) is 0 Å². The summed E-state index contributed by atoms with van der Waals surface area (Å²) in [5.41, 5.74) is 2.78. The highest BCUT2D eigenvalue weighted by molar-refractivity contribution is 5.84. The number of hydrogen-bond acceptors (Lipinski definition) is 1. The van der Waals surface area contributed by atoms with Crippen LogP contribution in [0.25, 0.3) is 10.9 Å². The molecule has 0 N–H and O–H groups in total. The van der Waals surface area contributed by atoms with Crippen LogP contribution in [0.15, 0.2) is 30.5 Å². The average molecular weight is 313 g/mol. The lowest BCUT2D eigenvalue weighted by molar-refractivity contribution is -0.166. The summed E-state index contributed by atoms with van der Waals surface area (Å²) in [6.45, 7) is 11.6. The van der Waals surface area contributed by atoms with Gasteiger partial charge in [0.15, 0.2) is 0 Å². The summed E-state index contributed by atoms with van der Waals surface area (Å²) in [5, 5.41) is 1.39. The van der Waals surface area contributed by atoms with Crippen molar-refractivity contribution in [3.8, 4) is 0 Å². The van der Waals surface area contributed by atoms with Gasteiger partial charge < -0.3 is 9.30 Å². The standard InChI is InChI=1S/C21H31NO/c1-6-10-17-13-22(19-12-9-8-11-18(17)19)21-16(5)14(3)15(4)20(7-2)23-21/h8-9,11-16,20-21H,6-7,10H2,1-5H3/t14-,15-,16+,20+,21+/m0/s1. The number of para-hydroxylation sites is 1. The van der Waals surface area contributed by atoms with Crippen LogP contribution in [-0.4, -0.2) is 10.7 Å². The minimum Gasteiger partial charge on any atom is -0.354 e. The molecule has 0 radical (unpaired) electrons. The van der Waals surface area contributed by atoms with Gasteiger partial charge in [-0.1, -0.05) is 59.2 Å². The van der Waals surface area contributed by atoms with Gasteiger partial charge in [0.25, 0.3) is 0 Å². The lowest BCUT2D eigenvalue weighted by Crippen LogP contribution is -2.42. The van der Waals surface area contributed by atoms with Gasteiger partial charge in [-0.15, -0.1) is 0 Å². The number of aryl methyl sites for hydroxylation is 1. The number of hydrogen-bond donors (Lipinski definition) is 0. The summed E-state index contributed by atoms with van der Waals surface area (Å²) in [6.07, 6.45) is 6.28. The molecule has 0 amide bonds. The Labute approximate surface area is 140 Å². The zero-order chi connectivity index (χ0) is 16.6. The van der Waals surface area contributed by atoms with E-state index < -0.39 is 0 Å². The largest absolute Gasteiger partial charge is 0.354 e. The molecule has 1 fully saturated rings. The lowest BCUT2D eigenvalue weighted by Gasteiger charge is -2.44. The highest BCUT2D eigenvalue weighted by Gasteiger charge is 2.39. The van der Waals surface area contributed by atoms with Crippen molar-refractivity contribution in [1.82, 2.24) is 4.57 Å². The van der Waals surface area contributed by atoms with E-state index in [1.807, 2.05) is 0 Å². The summed E-state index contributed by atoms with van der Waals surface area (Å²) >= 11 is 0. The fourth-order valence-electron chi connectivity index (χ4n) is 4.25. The molecule has 1 aromatic heterocycles. The Balaban J connectivity index is 2.05. The quantitative estimate of drug-likeness (QED) is 0.694. The summed E-state index contributed by atoms with van der Waals surface area (Å²) in [5.74, 6) is 1.83. The van der Waals surface area contributed by atoms with E-state index in [0.29, 0.717) is 23.9 Å². The minimum atomic E-state index is 0.154. The van der Waals surface area contributed by atoms with Crippen molar-refractivity contribution in [2.24, 2.45) is 17.8 Å². The van der Waals surface area contributed by atoms with E-state index in [1.165, 1.54) is 22.9 Å². The topological polar surface area (TPSA) is 14.2 Å². The van der Waals surface area contributed by atoms with Gasteiger partial charge in [0.1, 0.15) is 6.23 Å². The summed E-state index contributed by atoms with van der Waals surface area (Å²) < 4.78 is 8.99. The fourth-order valence-corrected chi connectivity index (χ4v) is 4.25. The highest BCUT2D eigenvalue weighted by atomic mass is 16.5. The van der Waals surface area contributed by atoms with Crippen LogP contribution in [0.4, 0.5) is 0 Å². The van der Waals surface area contributed by atoms with E-state index in [4.69, 9.17) is 4.74 Å². The van der Waals surface area contributed by atoms with E-state index >= 15 is 0 Å². The third-order valence-corrected chi connectivity index (χ3v) is 6.03. The average Bonchev–Trinajstić information content (AvgIpc) is 2.92. The van der Waals surface area contributed by atoms with Crippen LogP contribution >= 0.6 is 0 Å². The third kappa shape index (κ3) is 2.82. The van der Waals surface area contributed by atoms with E-state index in [1.54, 1.807) is 0 Å². The molecule has 0 bridgehead atoms. The first kappa shape index (κ1) is 16.6. The van der Waals surface area contributed by atoms with Crippen LogP contribution in [0.2, 0.25) is 0 Å². The summed E-state index contributed by atoms with van der Waals surface area (Å²) in [7, 11) is 0. The molecule has 1 aliphatic rings. The number of fused-ring (bicyclic) bond motifs is 1. The first-order valence-electron chi connectivity index (χ1n) is 9.32. The van der Waals surface area contributed by atoms with Gasteiger partial charge in [-0.3, -0.25) is 0 Å². The molecule has 2 nitrogen and oxygen atoms in total. The number of nitrogens with zero attached hydrogens (tertiary/aromatic N) is 1. The number of aromatic nitrogens is 1. The zero-order valence-electron chi connectivity index (χ0n) is 15.3. The van der Waals surface area contributed by atoms with Crippen LogP contribution in [-0.2, 0) is 11.2 Å². The molecule has 0 unspecified atom stereocenters. The molecule has 1 saturated heterocycles. The second-order valence-corrected chi connectivity index (χ2v) is 7.38. The van der Waals surface area contributed by atoms with E-state index in [2.05, 4.69) is 69.6 Å². The normalized spacial score (nSPS) is 31.6. The van der Waals surface area contributed by atoms with E-state index in [0.717, 1.165) is 12.8 Å². The van der Waals surface area contributed by atoms with Crippen molar-refractivity contribution in [2.45, 2.75) is 66.2 Å². The van der Waals surface area contributed by atoms with Crippen molar-refractivity contribution in [2.75, 3.05) is 0 Å². The van der Waals surface area contributed by atoms with Crippen molar-refractivity contribution in [3.63, 3.8) is 0 Å².